The molecule has 0 bridgehead atoms. The molecule has 0 unspecified atom stereocenters. The quantitative estimate of drug-likeness (QED) is 0.884. The molecule has 2 amide bonds. The highest BCUT2D eigenvalue weighted by Gasteiger charge is 2.31. The molecule has 114 valence electrons. The van der Waals surface area contributed by atoms with Crippen LogP contribution in [0.5, 0.6) is 5.75 Å². The predicted octanol–water partition coefficient (Wildman–Crippen LogP) is 1.20. The molecular weight excluding hydrogens is 286 g/mol. The van der Waals surface area contributed by atoms with Crippen LogP contribution < -0.4 is 15.4 Å². The summed E-state index contributed by atoms with van der Waals surface area (Å²) < 4.78 is 6.75. The second kappa shape index (κ2) is 5.84. The van der Waals surface area contributed by atoms with Crippen LogP contribution in [0.25, 0.3) is 0 Å². The number of hydrogen-bond acceptors (Lipinski definition) is 5. The van der Waals surface area contributed by atoms with E-state index >= 15 is 0 Å². The smallest absolute Gasteiger partial charge is 0.249 e. The summed E-state index contributed by atoms with van der Waals surface area (Å²) in [6, 6.07) is 6.32. The van der Waals surface area contributed by atoms with Gasteiger partial charge in [0.25, 0.3) is 0 Å². The molecule has 0 saturated heterocycles. The van der Waals surface area contributed by atoms with Crippen molar-refractivity contribution in [1.82, 2.24) is 14.8 Å². The first-order chi connectivity index (χ1) is 10.7. The van der Waals surface area contributed by atoms with Crippen molar-refractivity contribution in [3.8, 4) is 5.75 Å². The Morgan fingerprint density at radius 1 is 1.45 bits per heavy atom. The molecule has 2 heterocycles. The number of amides is 2. The third-order valence-electron chi connectivity index (χ3n) is 3.23. The Balaban J connectivity index is 1.73. The van der Waals surface area contributed by atoms with Gasteiger partial charge in [-0.2, -0.15) is 10.1 Å². The Morgan fingerprint density at radius 3 is 2.95 bits per heavy atom. The minimum absolute atomic E-state index is 0.0270. The van der Waals surface area contributed by atoms with Crippen molar-refractivity contribution in [2.75, 3.05) is 17.2 Å². The Labute approximate surface area is 126 Å². The van der Waals surface area contributed by atoms with Crippen LogP contribution in [-0.4, -0.2) is 33.2 Å². The van der Waals surface area contributed by atoms with Gasteiger partial charge in [-0.3, -0.25) is 14.9 Å². The Hall–Kier alpha value is -2.90. The van der Waals surface area contributed by atoms with E-state index in [1.54, 1.807) is 24.3 Å². The van der Waals surface area contributed by atoms with Crippen LogP contribution in [0.15, 0.2) is 30.6 Å². The standard InChI is InChI=1S/C14H15N5O3/c1-2-22-10-5-3-9(4-6-10)17-13(21)11-7-12(20)18-14-15-8-16-19(11)14/h3-6,8,11H,2,7H2,1H3,(H,17,21)(H,15,16,18,20)/t11-/m0/s1. The molecule has 3 rings (SSSR count). The van der Waals surface area contributed by atoms with Gasteiger partial charge < -0.3 is 10.1 Å². The minimum atomic E-state index is -0.710. The fraction of sp³-hybridized carbons (Fsp3) is 0.286. The van der Waals surface area contributed by atoms with E-state index < -0.39 is 6.04 Å². The van der Waals surface area contributed by atoms with Gasteiger partial charge in [0.15, 0.2) is 0 Å². The van der Waals surface area contributed by atoms with E-state index in [0.717, 1.165) is 5.75 Å². The molecule has 1 aliphatic heterocycles. The third-order valence-corrected chi connectivity index (χ3v) is 3.23. The molecule has 1 aromatic carbocycles. The number of aromatic nitrogens is 3. The van der Waals surface area contributed by atoms with Crippen molar-refractivity contribution in [2.45, 2.75) is 19.4 Å². The third kappa shape index (κ3) is 2.76. The zero-order valence-electron chi connectivity index (χ0n) is 11.9. The van der Waals surface area contributed by atoms with Gasteiger partial charge in [0.2, 0.25) is 17.8 Å². The van der Waals surface area contributed by atoms with Crippen molar-refractivity contribution in [3.05, 3.63) is 30.6 Å². The lowest BCUT2D eigenvalue weighted by atomic mass is 10.1. The summed E-state index contributed by atoms with van der Waals surface area (Å²) in [5.41, 5.74) is 0.626. The number of benzene rings is 1. The molecule has 1 aromatic heterocycles. The summed E-state index contributed by atoms with van der Waals surface area (Å²) in [5.74, 6) is 0.442. The number of anilines is 2. The van der Waals surface area contributed by atoms with Crippen LogP contribution in [0.4, 0.5) is 11.6 Å². The van der Waals surface area contributed by atoms with Gasteiger partial charge in [-0.1, -0.05) is 0 Å². The average molecular weight is 301 g/mol. The summed E-state index contributed by atoms with van der Waals surface area (Å²) in [6.45, 7) is 2.48. The number of carbonyl (C=O) groups excluding carboxylic acids is 2. The summed E-state index contributed by atoms with van der Waals surface area (Å²) in [4.78, 5) is 27.9. The van der Waals surface area contributed by atoms with Crippen molar-refractivity contribution in [2.24, 2.45) is 0 Å². The normalized spacial score (nSPS) is 16.6. The van der Waals surface area contributed by atoms with E-state index in [4.69, 9.17) is 4.74 Å². The van der Waals surface area contributed by atoms with E-state index in [9.17, 15) is 9.59 Å². The van der Waals surface area contributed by atoms with E-state index in [1.807, 2.05) is 6.92 Å². The molecule has 0 radical (unpaired) electrons. The first kappa shape index (κ1) is 14.1. The van der Waals surface area contributed by atoms with E-state index in [0.29, 0.717) is 12.3 Å². The first-order valence-electron chi connectivity index (χ1n) is 6.90. The van der Waals surface area contributed by atoms with Gasteiger partial charge in [0.1, 0.15) is 18.1 Å². The summed E-state index contributed by atoms with van der Waals surface area (Å²) >= 11 is 0. The summed E-state index contributed by atoms with van der Waals surface area (Å²) in [6.07, 6.45) is 1.33. The molecule has 8 heteroatoms. The number of carbonyl (C=O) groups is 2. The van der Waals surface area contributed by atoms with Gasteiger partial charge in [-0.05, 0) is 31.2 Å². The molecule has 2 aromatic rings. The first-order valence-corrected chi connectivity index (χ1v) is 6.90. The van der Waals surface area contributed by atoms with Crippen molar-refractivity contribution in [3.63, 3.8) is 0 Å². The molecule has 2 N–H and O–H groups in total. The van der Waals surface area contributed by atoms with E-state index in [-0.39, 0.29) is 24.2 Å². The molecule has 1 atom stereocenters. The van der Waals surface area contributed by atoms with Crippen LogP contribution in [-0.2, 0) is 9.59 Å². The zero-order chi connectivity index (χ0) is 15.5. The van der Waals surface area contributed by atoms with E-state index in [1.165, 1.54) is 11.0 Å². The van der Waals surface area contributed by atoms with Gasteiger partial charge in [0, 0.05) is 5.69 Å². The predicted molar refractivity (Wildman–Crippen MR) is 78.5 cm³/mol. The van der Waals surface area contributed by atoms with Crippen LogP contribution in [0.1, 0.15) is 19.4 Å². The lowest BCUT2D eigenvalue weighted by Gasteiger charge is -2.22. The zero-order valence-corrected chi connectivity index (χ0v) is 11.9. The molecule has 22 heavy (non-hydrogen) atoms. The number of hydrogen-bond donors (Lipinski definition) is 2. The van der Waals surface area contributed by atoms with E-state index in [2.05, 4.69) is 20.7 Å². The van der Waals surface area contributed by atoms with Gasteiger partial charge in [-0.25, -0.2) is 4.68 Å². The Kier molecular flexibility index (Phi) is 3.73. The lowest BCUT2D eigenvalue weighted by molar-refractivity contribution is -0.125. The lowest BCUT2D eigenvalue weighted by Crippen LogP contribution is -2.35. The number of ether oxygens (including phenoxy) is 1. The monoisotopic (exact) mass is 301 g/mol. The molecular formula is C14H15N5O3. The summed E-state index contributed by atoms with van der Waals surface area (Å²) in [5, 5.41) is 9.32. The second-order valence-electron chi connectivity index (χ2n) is 4.74. The summed E-state index contributed by atoms with van der Waals surface area (Å²) in [7, 11) is 0. The topological polar surface area (TPSA) is 98.1 Å². The number of nitrogens with zero attached hydrogens (tertiary/aromatic N) is 3. The molecule has 0 saturated carbocycles. The second-order valence-corrected chi connectivity index (χ2v) is 4.74. The fourth-order valence-corrected chi connectivity index (χ4v) is 2.24. The molecule has 8 nitrogen and oxygen atoms in total. The molecule has 0 spiro atoms. The van der Waals surface area contributed by atoms with Gasteiger partial charge >= 0.3 is 0 Å². The largest absolute Gasteiger partial charge is 0.494 e. The molecule has 0 aliphatic carbocycles. The van der Waals surface area contributed by atoms with Crippen LogP contribution >= 0.6 is 0 Å². The molecule has 0 fully saturated rings. The highest BCUT2D eigenvalue weighted by molar-refractivity contribution is 6.00. The van der Waals surface area contributed by atoms with Gasteiger partial charge in [-0.15, -0.1) is 0 Å². The van der Waals surface area contributed by atoms with Crippen molar-refractivity contribution < 1.29 is 14.3 Å². The minimum Gasteiger partial charge on any atom is -0.494 e. The number of fused-ring (bicyclic) bond motifs is 1. The van der Waals surface area contributed by atoms with Crippen molar-refractivity contribution in [1.29, 1.82) is 0 Å². The number of nitrogens with one attached hydrogen (secondary N) is 2. The highest BCUT2D eigenvalue weighted by atomic mass is 16.5. The maximum atomic E-state index is 12.4. The number of rotatable bonds is 4. The molecule has 1 aliphatic rings. The average Bonchev–Trinajstić information content (AvgIpc) is 2.96. The fourth-order valence-electron chi connectivity index (χ4n) is 2.24. The van der Waals surface area contributed by atoms with Crippen LogP contribution in [0.2, 0.25) is 0 Å². The van der Waals surface area contributed by atoms with Crippen LogP contribution in [0.3, 0.4) is 0 Å². The Bertz CT molecular complexity index is 695. The van der Waals surface area contributed by atoms with Gasteiger partial charge in [0.05, 0.1) is 13.0 Å². The Morgan fingerprint density at radius 2 is 2.23 bits per heavy atom. The maximum Gasteiger partial charge on any atom is 0.249 e. The maximum absolute atomic E-state index is 12.4. The van der Waals surface area contributed by atoms with Crippen molar-refractivity contribution >= 4 is 23.5 Å². The van der Waals surface area contributed by atoms with Crippen LogP contribution in [0, 0.1) is 0 Å². The highest BCUT2D eigenvalue weighted by Crippen LogP contribution is 2.23. The SMILES string of the molecule is CCOc1ccc(NC(=O)[C@@H]2CC(=O)Nc3ncnn32)cc1.